The maximum Gasteiger partial charge on any atom is 0.176 e. The van der Waals surface area contributed by atoms with E-state index < -0.39 is 0 Å². The summed E-state index contributed by atoms with van der Waals surface area (Å²) in [5, 5.41) is 14.1. The van der Waals surface area contributed by atoms with Crippen molar-refractivity contribution in [2.24, 2.45) is 5.16 Å². The summed E-state index contributed by atoms with van der Waals surface area (Å²) >= 11 is 0. The van der Waals surface area contributed by atoms with Crippen molar-refractivity contribution in [3.63, 3.8) is 0 Å². The Kier molecular flexibility index (Phi) is 8.57. The van der Waals surface area contributed by atoms with Crippen molar-refractivity contribution >= 4 is 17.0 Å². The molecular weight excluding hydrogens is 434 g/mol. The van der Waals surface area contributed by atoms with Crippen LogP contribution in [0.2, 0.25) is 0 Å². The molecule has 0 aliphatic heterocycles. The molecule has 2 aromatic heterocycles. The molecule has 3 aromatic rings. The van der Waals surface area contributed by atoms with Gasteiger partial charge in [0.1, 0.15) is 0 Å². The first kappa shape index (κ1) is 20.3. The average molecular weight is 453 g/mol. The van der Waals surface area contributed by atoms with E-state index in [0.717, 1.165) is 25.1 Å². The zero-order valence-electron chi connectivity index (χ0n) is 13.1. The number of benzene rings is 1. The van der Waals surface area contributed by atoms with Gasteiger partial charge in [0.2, 0.25) is 0 Å². The zero-order valence-corrected chi connectivity index (χ0v) is 16.3. The van der Waals surface area contributed by atoms with E-state index in [-0.39, 0.29) is 34.0 Å². The quantitative estimate of drug-likeness (QED) is 0.184. The minimum atomic E-state index is 0. The highest BCUT2D eigenvalue weighted by Crippen LogP contribution is 2.09. The highest BCUT2D eigenvalue weighted by atomic mass is 79.9. The molecule has 0 aliphatic rings. The van der Waals surface area contributed by atoms with Crippen molar-refractivity contribution in [1.29, 1.82) is 0 Å². The summed E-state index contributed by atoms with van der Waals surface area (Å²) in [7, 11) is 0. The number of aromatic nitrogens is 2. The lowest BCUT2D eigenvalue weighted by molar-refractivity contribution is -0.726. The molecule has 0 spiro atoms. The van der Waals surface area contributed by atoms with Crippen LogP contribution in [-0.4, -0.2) is 11.4 Å². The first-order valence-corrected chi connectivity index (χ1v) is 7.39. The molecule has 1 aromatic carbocycles. The minimum absolute atomic E-state index is 0. The lowest BCUT2D eigenvalue weighted by Crippen LogP contribution is -3.00. The van der Waals surface area contributed by atoms with Gasteiger partial charge in [0, 0.05) is 29.1 Å². The monoisotopic (exact) mass is 451 g/mol. The second-order valence-corrected chi connectivity index (χ2v) is 5.28. The number of hydrogen-bond acceptors (Lipinski definition) is 2. The zero-order chi connectivity index (χ0) is 15.2. The van der Waals surface area contributed by atoms with Crippen molar-refractivity contribution < 1.29 is 48.3 Å². The normalized spacial score (nSPS) is 10.3. The lowest BCUT2D eigenvalue weighted by Gasteiger charge is -1.99. The van der Waals surface area contributed by atoms with Crippen LogP contribution in [0.5, 0.6) is 0 Å². The van der Waals surface area contributed by atoms with Crippen molar-refractivity contribution in [3.8, 4) is 0 Å². The maximum absolute atomic E-state index is 8.49. The molecule has 0 atom stereocenters. The van der Waals surface area contributed by atoms with E-state index in [1.54, 1.807) is 0 Å². The van der Waals surface area contributed by atoms with Crippen molar-refractivity contribution in [2.75, 3.05) is 0 Å². The Morgan fingerprint density at radius 2 is 1.46 bits per heavy atom. The van der Waals surface area contributed by atoms with Crippen LogP contribution in [-0.2, 0) is 13.1 Å². The molecule has 6 heteroatoms. The van der Waals surface area contributed by atoms with E-state index in [9.17, 15) is 0 Å². The third kappa shape index (κ3) is 5.39. The van der Waals surface area contributed by atoms with E-state index >= 15 is 0 Å². The number of hydrogen-bond donors (Lipinski definition) is 1. The van der Waals surface area contributed by atoms with Crippen LogP contribution >= 0.6 is 0 Å². The van der Waals surface area contributed by atoms with Gasteiger partial charge >= 0.3 is 0 Å². The van der Waals surface area contributed by atoms with Gasteiger partial charge in [-0.3, -0.25) is 0 Å². The van der Waals surface area contributed by atoms with Gasteiger partial charge in [0.25, 0.3) is 0 Å². The Morgan fingerprint density at radius 3 is 2.17 bits per heavy atom. The molecular formula is C18H19Br2N3O. The number of oxime groups is 1. The van der Waals surface area contributed by atoms with Crippen LogP contribution in [0.15, 0.2) is 72.4 Å². The van der Waals surface area contributed by atoms with Gasteiger partial charge in [-0.05, 0) is 11.5 Å². The topological polar surface area (TPSA) is 40.4 Å². The Bertz CT molecular complexity index is 792. The Labute approximate surface area is 162 Å². The summed E-state index contributed by atoms with van der Waals surface area (Å²) in [6.45, 7) is 1.94. The molecule has 24 heavy (non-hydrogen) atoms. The Hall–Kier alpha value is -1.79. The van der Waals surface area contributed by atoms with E-state index in [4.69, 9.17) is 5.21 Å². The smallest absolute Gasteiger partial charge is 0.176 e. The van der Waals surface area contributed by atoms with Gasteiger partial charge in [-0.25, -0.2) is 9.13 Å². The largest absolute Gasteiger partial charge is 1.00 e. The van der Waals surface area contributed by atoms with Crippen LogP contribution in [0, 0.1) is 0 Å². The van der Waals surface area contributed by atoms with E-state index in [2.05, 4.69) is 57.0 Å². The highest BCUT2D eigenvalue weighted by Gasteiger charge is 2.06. The fourth-order valence-corrected chi connectivity index (χ4v) is 2.52. The summed E-state index contributed by atoms with van der Waals surface area (Å²) in [5.74, 6) is 0. The third-order valence-electron chi connectivity index (χ3n) is 3.70. The van der Waals surface area contributed by atoms with E-state index in [1.165, 1.54) is 17.0 Å². The van der Waals surface area contributed by atoms with Crippen molar-refractivity contribution in [1.82, 2.24) is 0 Å². The highest BCUT2D eigenvalue weighted by molar-refractivity contribution is 5.80. The lowest BCUT2D eigenvalue weighted by atomic mass is 10.2. The molecule has 0 fully saturated rings. The minimum Gasteiger partial charge on any atom is -1.00 e. The van der Waals surface area contributed by atoms with Gasteiger partial charge in [-0.2, -0.15) is 0 Å². The van der Waals surface area contributed by atoms with Crippen LogP contribution in [0.1, 0.15) is 12.0 Å². The van der Waals surface area contributed by atoms with E-state index in [1.807, 2.05) is 24.5 Å². The van der Waals surface area contributed by atoms with E-state index in [0.29, 0.717) is 0 Å². The average Bonchev–Trinajstić information content (AvgIpc) is 2.57. The summed E-state index contributed by atoms with van der Waals surface area (Å²) in [4.78, 5) is 0. The molecule has 0 radical (unpaired) electrons. The molecule has 3 rings (SSSR count). The van der Waals surface area contributed by atoms with Crippen LogP contribution in [0.4, 0.5) is 0 Å². The molecule has 0 bridgehead atoms. The fourth-order valence-electron chi connectivity index (χ4n) is 2.52. The van der Waals surface area contributed by atoms with Gasteiger partial charge in [-0.1, -0.05) is 23.4 Å². The number of nitrogens with zero attached hydrogens (tertiary/aromatic N) is 3. The van der Waals surface area contributed by atoms with Gasteiger partial charge in [-0.15, -0.1) is 0 Å². The SMILES string of the molecule is O/N=C/c1cc[n+](CCC[n+]2ccc3ccccc3c2)cc1.[Br-].[Br-]. The molecule has 1 N–H and O–H groups in total. The molecule has 126 valence electrons. The second kappa shape index (κ2) is 10.2. The first-order valence-electron chi connectivity index (χ1n) is 7.39. The number of aryl methyl sites for hydroxylation is 2. The number of halogens is 2. The van der Waals surface area contributed by atoms with Crippen LogP contribution in [0.25, 0.3) is 10.8 Å². The Morgan fingerprint density at radius 1 is 0.833 bits per heavy atom. The first-order chi connectivity index (χ1) is 10.8. The standard InChI is InChI=1S/C18H18N3O.2BrH/c22-19-14-16-6-11-20(12-7-16)9-3-10-21-13-8-17-4-1-2-5-18(17)15-21;;/h1-2,4-8,11-15H,3,9-10H2;2*1H/q+1;;/p-1. The predicted octanol–water partition coefficient (Wildman–Crippen LogP) is -3.68. The van der Waals surface area contributed by atoms with Crippen molar-refractivity contribution in [3.05, 3.63) is 72.8 Å². The molecule has 4 nitrogen and oxygen atoms in total. The maximum atomic E-state index is 8.49. The summed E-state index contributed by atoms with van der Waals surface area (Å²) in [6.07, 6.45) is 10.8. The molecule has 0 saturated heterocycles. The number of rotatable bonds is 5. The number of pyridine rings is 2. The summed E-state index contributed by atoms with van der Waals surface area (Å²) in [5.41, 5.74) is 0.891. The second-order valence-electron chi connectivity index (χ2n) is 5.28. The predicted molar refractivity (Wildman–Crippen MR) is 84.8 cm³/mol. The van der Waals surface area contributed by atoms with Crippen LogP contribution in [0.3, 0.4) is 0 Å². The molecule has 2 heterocycles. The molecule has 0 amide bonds. The third-order valence-corrected chi connectivity index (χ3v) is 3.70. The van der Waals surface area contributed by atoms with Gasteiger partial charge in [0.05, 0.1) is 12.6 Å². The van der Waals surface area contributed by atoms with Gasteiger partial charge in [0.15, 0.2) is 37.9 Å². The van der Waals surface area contributed by atoms with Crippen LogP contribution < -0.4 is 43.1 Å². The molecule has 0 aliphatic carbocycles. The van der Waals surface area contributed by atoms with Crippen molar-refractivity contribution in [2.45, 2.75) is 19.5 Å². The molecule has 0 saturated carbocycles. The Balaban J connectivity index is 0.00000144. The fraction of sp³-hybridized carbons (Fsp3) is 0.167. The molecule has 0 unspecified atom stereocenters. The summed E-state index contributed by atoms with van der Waals surface area (Å²) < 4.78 is 4.37. The van der Waals surface area contributed by atoms with Gasteiger partial charge < -0.3 is 39.2 Å². The summed E-state index contributed by atoms with van der Waals surface area (Å²) in [6, 6.07) is 14.4. The number of fused-ring (bicyclic) bond motifs is 1.